The van der Waals surface area contributed by atoms with E-state index in [4.69, 9.17) is 13.9 Å². The molecular weight excluding hydrogens is 212 g/mol. The highest BCUT2D eigenvalue weighted by Gasteiger charge is 2.41. The number of carbonyl (C=O) groups excluding carboxylic acids is 1. The minimum atomic E-state index is -1.56. The van der Waals surface area contributed by atoms with E-state index in [1.807, 2.05) is 0 Å². The first kappa shape index (κ1) is 12.8. The van der Waals surface area contributed by atoms with E-state index in [0.717, 1.165) is 6.29 Å². The third-order valence-corrected chi connectivity index (χ3v) is 3.07. The summed E-state index contributed by atoms with van der Waals surface area (Å²) in [6.45, 7) is 10.3. The zero-order chi connectivity index (χ0) is 11.7. The first-order chi connectivity index (χ1) is 6.73. The van der Waals surface area contributed by atoms with E-state index in [1.54, 1.807) is 13.8 Å². The van der Waals surface area contributed by atoms with Crippen LogP contribution < -0.4 is 0 Å². The minimum Gasteiger partial charge on any atom is -0.415 e. The van der Waals surface area contributed by atoms with Crippen LogP contribution in [0.1, 0.15) is 13.8 Å². The van der Waals surface area contributed by atoms with Gasteiger partial charge in [0.25, 0.3) is 0 Å². The largest absolute Gasteiger partial charge is 0.415 e. The van der Waals surface area contributed by atoms with E-state index in [2.05, 4.69) is 19.6 Å². The molecule has 1 aliphatic rings. The highest BCUT2D eigenvalue weighted by atomic mass is 28.4. The van der Waals surface area contributed by atoms with Crippen LogP contribution in [0.4, 0.5) is 0 Å². The van der Waals surface area contributed by atoms with Gasteiger partial charge in [-0.3, -0.25) is 0 Å². The minimum absolute atomic E-state index is 0.274. The molecule has 1 saturated heterocycles. The highest BCUT2D eigenvalue weighted by Crippen LogP contribution is 2.27. The van der Waals surface area contributed by atoms with Crippen LogP contribution >= 0.6 is 0 Å². The summed E-state index contributed by atoms with van der Waals surface area (Å²) < 4.78 is 16.7. The Bertz CT molecular complexity index is 234. The summed E-state index contributed by atoms with van der Waals surface area (Å²) >= 11 is 0. The van der Waals surface area contributed by atoms with Gasteiger partial charge in [-0.15, -0.1) is 0 Å². The maximum Gasteiger partial charge on any atom is 0.183 e. The van der Waals surface area contributed by atoms with E-state index in [-0.39, 0.29) is 6.10 Å². The van der Waals surface area contributed by atoms with E-state index < -0.39 is 20.2 Å². The second-order valence-electron chi connectivity index (χ2n) is 5.20. The lowest BCUT2D eigenvalue weighted by atomic mass is 10.2. The molecule has 0 aromatic rings. The summed E-state index contributed by atoms with van der Waals surface area (Å²) in [5.74, 6) is -0.682. The molecule has 1 rings (SSSR count). The molecule has 88 valence electrons. The molecule has 0 aromatic heterocycles. The maximum absolute atomic E-state index is 10.8. The lowest BCUT2D eigenvalue weighted by Crippen LogP contribution is -2.35. The smallest absolute Gasteiger partial charge is 0.183 e. The molecule has 1 aliphatic heterocycles. The Morgan fingerprint density at radius 2 is 1.93 bits per heavy atom. The van der Waals surface area contributed by atoms with Crippen LogP contribution in [0, 0.1) is 0 Å². The fourth-order valence-corrected chi connectivity index (χ4v) is 2.10. The van der Waals surface area contributed by atoms with Crippen LogP contribution in [0.2, 0.25) is 19.6 Å². The van der Waals surface area contributed by atoms with Gasteiger partial charge in [0.1, 0.15) is 12.2 Å². The van der Waals surface area contributed by atoms with Crippen LogP contribution in [-0.4, -0.2) is 39.2 Å². The molecule has 0 N–H and O–H groups in total. The van der Waals surface area contributed by atoms with Gasteiger partial charge in [0, 0.05) is 0 Å². The van der Waals surface area contributed by atoms with Crippen LogP contribution in [0.3, 0.4) is 0 Å². The van der Waals surface area contributed by atoms with E-state index in [0.29, 0.717) is 6.61 Å². The topological polar surface area (TPSA) is 44.8 Å². The number of hydrogen-bond acceptors (Lipinski definition) is 4. The third kappa shape index (κ3) is 4.02. The van der Waals surface area contributed by atoms with Crippen molar-refractivity contribution in [1.29, 1.82) is 0 Å². The van der Waals surface area contributed by atoms with Crippen molar-refractivity contribution in [2.24, 2.45) is 0 Å². The number of rotatable bonds is 4. The summed E-state index contributed by atoms with van der Waals surface area (Å²) in [6, 6.07) is 0. The van der Waals surface area contributed by atoms with Crippen molar-refractivity contribution < 1.29 is 18.7 Å². The Kier molecular flexibility index (Phi) is 3.70. The molecule has 0 bridgehead atoms. The Morgan fingerprint density at radius 1 is 1.33 bits per heavy atom. The van der Waals surface area contributed by atoms with E-state index >= 15 is 0 Å². The molecule has 0 aromatic carbocycles. The lowest BCUT2D eigenvalue weighted by Gasteiger charge is -2.21. The monoisotopic (exact) mass is 232 g/mol. The van der Waals surface area contributed by atoms with Crippen molar-refractivity contribution in [3.05, 3.63) is 0 Å². The number of carbonyl (C=O) groups is 1. The molecule has 0 aliphatic carbocycles. The zero-order valence-corrected chi connectivity index (χ0v) is 11.1. The average molecular weight is 232 g/mol. The molecule has 1 heterocycles. The molecule has 5 heteroatoms. The average Bonchev–Trinajstić information content (AvgIpc) is 2.36. The summed E-state index contributed by atoms with van der Waals surface area (Å²) in [5.41, 5.74) is 0. The van der Waals surface area contributed by atoms with Crippen LogP contribution in [-0.2, 0) is 18.7 Å². The molecule has 0 unspecified atom stereocenters. The maximum atomic E-state index is 10.8. The zero-order valence-electron chi connectivity index (χ0n) is 10.1. The van der Waals surface area contributed by atoms with Crippen molar-refractivity contribution in [2.75, 3.05) is 6.61 Å². The van der Waals surface area contributed by atoms with Gasteiger partial charge in [-0.05, 0) is 33.5 Å². The molecular formula is C10H20O4Si. The van der Waals surface area contributed by atoms with Gasteiger partial charge >= 0.3 is 0 Å². The van der Waals surface area contributed by atoms with Crippen LogP contribution in [0.25, 0.3) is 0 Å². The van der Waals surface area contributed by atoms with Gasteiger partial charge in [0.15, 0.2) is 20.4 Å². The lowest BCUT2D eigenvalue weighted by molar-refractivity contribution is -0.151. The van der Waals surface area contributed by atoms with Crippen molar-refractivity contribution in [1.82, 2.24) is 0 Å². The second-order valence-corrected chi connectivity index (χ2v) is 9.71. The quantitative estimate of drug-likeness (QED) is 0.545. The van der Waals surface area contributed by atoms with Crippen molar-refractivity contribution in [2.45, 2.75) is 51.5 Å². The normalized spacial score (nSPS) is 30.5. The molecule has 15 heavy (non-hydrogen) atoms. The van der Waals surface area contributed by atoms with Crippen molar-refractivity contribution in [3.63, 3.8) is 0 Å². The van der Waals surface area contributed by atoms with Crippen molar-refractivity contribution >= 4 is 14.6 Å². The van der Waals surface area contributed by atoms with E-state index in [9.17, 15) is 4.79 Å². The fraction of sp³-hybridized carbons (Fsp3) is 0.900. The molecule has 0 saturated carbocycles. The molecule has 4 nitrogen and oxygen atoms in total. The third-order valence-electron chi connectivity index (χ3n) is 2.04. The summed E-state index contributed by atoms with van der Waals surface area (Å²) in [6.07, 6.45) is 0.00747. The van der Waals surface area contributed by atoms with Crippen LogP contribution in [0.5, 0.6) is 0 Å². The van der Waals surface area contributed by atoms with Crippen LogP contribution in [0.15, 0.2) is 0 Å². The second kappa shape index (κ2) is 4.33. The molecule has 1 fully saturated rings. The first-order valence-corrected chi connectivity index (χ1v) is 8.59. The summed E-state index contributed by atoms with van der Waals surface area (Å²) in [5, 5.41) is 0. The molecule has 0 spiro atoms. The number of ether oxygens (including phenoxy) is 2. The van der Waals surface area contributed by atoms with Gasteiger partial charge in [-0.1, -0.05) is 0 Å². The number of hydrogen-bond donors (Lipinski definition) is 0. The van der Waals surface area contributed by atoms with Crippen molar-refractivity contribution in [3.8, 4) is 0 Å². The fourth-order valence-electron chi connectivity index (χ4n) is 1.44. The predicted molar refractivity (Wildman–Crippen MR) is 59.2 cm³/mol. The summed E-state index contributed by atoms with van der Waals surface area (Å²) in [4.78, 5) is 10.8. The summed E-state index contributed by atoms with van der Waals surface area (Å²) in [7, 11) is -1.56. The number of aldehydes is 1. The van der Waals surface area contributed by atoms with Gasteiger partial charge < -0.3 is 18.7 Å². The Balaban J connectivity index is 2.51. The van der Waals surface area contributed by atoms with Gasteiger partial charge in [0.05, 0.1) is 6.61 Å². The Labute approximate surface area is 92.0 Å². The standard InChI is InChI=1S/C10H20O4Si/c1-10(2)13-8(6-11)9(14-10)7-12-15(3,4)5/h6,8-9H,7H2,1-5H3/t8-,9+/m0/s1. The van der Waals surface area contributed by atoms with Gasteiger partial charge in [-0.25, -0.2) is 0 Å². The Morgan fingerprint density at radius 3 is 2.40 bits per heavy atom. The molecule has 0 amide bonds. The van der Waals surface area contributed by atoms with Gasteiger partial charge in [-0.2, -0.15) is 0 Å². The Hall–Kier alpha value is -0.233. The SMILES string of the molecule is CC1(C)O[C@@H](C=O)[C@@H](CO[Si](C)(C)C)O1. The van der Waals surface area contributed by atoms with E-state index in [1.165, 1.54) is 0 Å². The molecule has 0 radical (unpaired) electrons. The van der Waals surface area contributed by atoms with Gasteiger partial charge in [0.2, 0.25) is 0 Å². The first-order valence-electron chi connectivity index (χ1n) is 5.18. The predicted octanol–water partition coefficient (Wildman–Crippen LogP) is 1.56. The highest BCUT2D eigenvalue weighted by molar-refractivity contribution is 6.69. The molecule has 2 atom stereocenters.